The number of halogens is 1. The summed E-state index contributed by atoms with van der Waals surface area (Å²) in [5, 5.41) is 2.37. The van der Waals surface area contributed by atoms with E-state index in [-0.39, 0.29) is 4.90 Å². The van der Waals surface area contributed by atoms with Gasteiger partial charge in [-0.3, -0.25) is 9.88 Å². The van der Waals surface area contributed by atoms with Crippen molar-refractivity contribution in [2.45, 2.75) is 17.7 Å². The predicted molar refractivity (Wildman–Crippen MR) is 139 cm³/mol. The molecule has 1 saturated heterocycles. The molecule has 2 heterocycles. The highest BCUT2D eigenvalue weighted by Crippen LogP contribution is 2.25. The summed E-state index contributed by atoms with van der Waals surface area (Å²) in [6.07, 6.45) is 1.67. The minimum Gasteiger partial charge on any atom is -0.408 e. The van der Waals surface area contributed by atoms with E-state index < -0.39 is 15.8 Å². The van der Waals surface area contributed by atoms with Crippen LogP contribution in [0.4, 0.5) is 5.69 Å². The Hall–Kier alpha value is -2.85. The number of piperazine rings is 1. The lowest BCUT2D eigenvalue weighted by Gasteiger charge is -2.36. The van der Waals surface area contributed by atoms with Crippen molar-refractivity contribution in [1.29, 1.82) is 0 Å². The summed E-state index contributed by atoms with van der Waals surface area (Å²) in [6.45, 7) is 4.84. The van der Waals surface area contributed by atoms with E-state index in [2.05, 4.69) is 19.5 Å². The van der Waals surface area contributed by atoms with Crippen LogP contribution in [-0.2, 0) is 10.0 Å². The molecular formula is C25H27ClN4O4S. The molecular weight excluding hydrogens is 488 g/mol. The van der Waals surface area contributed by atoms with Crippen molar-refractivity contribution < 1.29 is 12.8 Å². The summed E-state index contributed by atoms with van der Waals surface area (Å²) >= 11 is 6.01. The van der Waals surface area contributed by atoms with Gasteiger partial charge in [-0.1, -0.05) is 29.8 Å². The Morgan fingerprint density at radius 3 is 2.57 bits per heavy atom. The summed E-state index contributed by atoms with van der Waals surface area (Å²) in [4.78, 5) is 19.2. The fraction of sp³-hybridized carbons (Fsp3) is 0.320. The minimum absolute atomic E-state index is 0.262. The van der Waals surface area contributed by atoms with Crippen LogP contribution in [-0.4, -0.2) is 57.6 Å². The van der Waals surface area contributed by atoms with E-state index in [1.54, 1.807) is 30.3 Å². The van der Waals surface area contributed by atoms with Crippen molar-refractivity contribution in [2.24, 2.45) is 0 Å². The van der Waals surface area contributed by atoms with Crippen LogP contribution in [0, 0.1) is 0 Å². The Morgan fingerprint density at radius 2 is 1.74 bits per heavy atom. The molecule has 3 aromatic carbocycles. The average Bonchev–Trinajstić information content (AvgIpc) is 3.24. The lowest BCUT2D eigenvalue weighted by Crippen LogP contribution is -2.46. The zero-order valence-electron chi connectivity index (χ0n) is 19.2. The summed E-state index contributed by atoms with van der Waals surface area (Å²) in [5.41, 5.74) is 2.30. The fourth-order valence-electron chi connectivity index (χ4n) is 4.55. The first-order chi connectivity index (χ1) is 16.9. The Kier molecular flexibility index (Phi) is 6.84. The Morgan fingerprint density at radius 1 is 0.971 bits per heavy atom. The van der Waals surface area contributed by atoms with E-state index in [0.717, 1.165) is 67.5 Å². The normalized spacial score (nSPS) is 15.3. The number of rotatable bonds is 8. The summed E-state index contributed by atoms with van der Waals surface area (Å²) in [7, 11) is -3.56. The second kappa shape index (κ2) is 10.0. The second-order valence-electron chi connectivity index (χ2n) is 8.75. The number of nitrogens with one attached hydrogen (secondary N) is 2. The SMILES string of the molecule is O=c1[nH]c2c(N3CCN(CCCCNS(=O)(=O)c4ccc5cc(Cl)ccc5c4)CC3)cccc2o1. The standard InChI is InChI=1S/C25H27ClN4O4S/c26-20-8-6-19-17-21(9-7-18(19)16-20)35(32,33)27-10-1-2-11-29-12-14-30(15-13-29)22-4-3-5-23-24(22)28-25(31)34-23/h3-9,16-17,27H,1-2,10-15H2,(H,28,31). The molecule has 0 radical (unpaired) electrons. The molecule has 1 aromatic heterocycles. The maximum absolute atomic E-state index is 12.7. The first-order valence-corrected chi connectivity index (χ1v) is 13.5. The van der Waals surface area contributed by atoms with E-state index in [1.807, 2.05) is 24.3 Å². The van der Waals surface area contributed by atoms with Crippen molar-refractivity contribution in [3.8, 4) is 0 Å². The van der Waals surface area contributed by atoms with Gasteiger partial charge in [0.1, 0.15) is 5.52 Å². The molecule has 0 saturated carbocycles. The van der Waals surface area contributed by atoms with Gasteiger partial charge in [0.05, 0.1) is 10.6 Å². The van der Waals surface area contributed by atoms with Crippen LogP contribution >= 0.6 is 11.6 Å². The number of para-hydroxylation sites is 1. The van der Waals surface area contributed by atoms with Crippen molar-refractivity contribution in [1.82, 2.24) is 14.6 Å². The molecule has 0 atom stereocenters. The Balaban J connectivity index is 1.08. The van der Waals surface area contributed by atoms with Crippen LogP contribution in [0.1, 0.15) is 12.8 Å². The average molecular weight is 515 g/mol. The number of aromatic amines is 1. The van der Waals surface area contributed by atoms with Crippen molar-refractivity contribution >= 4 is 49.2 Å². The van der Waals surface area contributed by atoms with E-state index in [9.17, 15) is 13.2 Å². The van der Waals surface area contributed by atoms with Gasteiger partial charge in [0.25, 0.3) is 0 Å². The fourth-order valence-corrected chi connectivity index (χ4v) is 5.84. The number of fused-ring (bicyclic) bond motifs is 2. The molecule has 1 fully saturated rings. The number of benzene rings is 3. The number of aromatic nitrogens is 1. The maximum atomic E-state index is 12.7. The Labute approximate surface area is 208 Å². The Bertz CT molecular complexity index is 1510. The minimum atomic E-state index is -3.56. The highest BCUT2D eigenvalue weighted by atomic mass is 35.5. The second-order valence-corrected chi connectivity index (χ2v) is 11.0. The number of unbranched alkanes of at least 4 members (excludes halogenated alkanes) is 1. The van der Waals surface area contributed by atoms with E-state index in [4.69, 9.17) is 16.0 Å². The number of hydrogen-bond donors (Lipinski definition) is 2. The number of sulfonamides is 1. The van der Waals surface area contributed by atoms with E-state index in [1.165, 1.54) is 0 Å². The topological polar surface area (TPSA) is 98.6 Å². The number of nitrogens with zero attached hydrogens (tertiary/aromatic N) is 2. The monoisotopic (exact) mass is 514 g/mol. The van der Waals surface area contributed by atoms with Crippen molar-refractivity contribution in [2.75, 3.05) is 44.2 Å². The van der Waals surface area contributed by atoms with Crippen molar-refractivity contribution in [3.63, 3.8) is 0 Å². The highest BCUT2D eigenvalue weighted by molar-refractivity contribution is 7.89. The van der Waals surface area contributed by atoms with Gasteiger partial charge in [-0.2, -0.15) is 0 Å². The molecule has 2 N–H and O–H groups in total. The molecule has 35 heavy (non-hydrogen) atoms. The molecule has 0 spiro atoms. The molecule has 0 unspecified atom stereocenters. The third kappa shape index (κ3) is 5.38. The number of H-pyrrole nitrogens is 1. The summed E-state index contributed by atoms with van der Waals surface area (Å²) in [5.74, 6) is -0.438. The van der Waals surface area contributed by atoms with Crippen LogP contribution in [0.5, 0.6) is 0 Å². The van der Waals surface area contributed by atoms with Crippen LogP contribution in [0.25, 0.3) is 21.9 Å². The molecule has 0 amide bonds. The van der Waals surface area contributed by atoms with Gasteiger partial charge < -0.3 is 9.32 Å². The molecule has 5 rings (SSSR count). The van der Waals surface area contributed by atoms with E-state index >= 15 is 0 Å². The third-order valence-corrected chi connectivity index (χ3v) is 8.12. The lowest BCUT2D eigenvalue weighted by molar-refractivity contribution is 0.253. The van der Waals surface area contributed by atoms with Crippen LogP contribution in [0.3, 0.4) is 0 Å². The van der Waals surface area contributed by atoms with Gasteiger partial charge in [0, 0.05) is 37.7 Å². The molecule has 0 aliphatic carbocycles. The first kappa shape index (κ1) is 23.9. The largest absolute Gasteiger partial charge is 0.417 e. The summed E-state index contributed by atoms with van der Waals surface area (Å²) < 4.78 is 33.3. The molecule has 184 valence electrons. The molecule has 1 aliphatic heterocycles. The highest BCUT2D eigenvalue weighted by Gasteiger charge is 2.20. The van der Waals surface area contributed by atoms with Gasteiger partial charge in [-0.15, -0.1) is 0 Å². The van der Waals surface area contributed by atoms with E-state index in [0.29, 0.717) is 17.2 Å². The number of anilines is 1. The van der Waals surface area contributed by atoms with Gasteiger partial charge in [0.15, 0.2) is 5.58 Å². The van der Waals surface area contributed by atoms with Gasteiger partial charge in [-0.25, -0.2) is 17.9 Å². The maximum Gasteiger partial charge on any atom is 0.417 e. The van der Waals surface area contributed by atoms with Crippen LogP contribution in [0.15, 0.2) is 68.7 Å². The lowest BCUT2D eigenvalue weighted by atomic mass is 10.1. The summed E-state index contributed by atoms with van der Waals surface area (Å²) in [6, 6.07) is 16.1. The number of hydrogen-bond acceptors (Lipinski definition) is 6. The zero-order valence-corrected chi connectivity index (χ0v) is 20.7. The smallest absolute Gasteiger partial charge is 0.408 e. The molecule has 4 aromatic rings. The first-order valence-electron chi connectivity index (χ1n) is 11.7. The molecule has 1 aliphatic rings. The quantitative estimate of drug-likeness (QED) is 0.347. The van der Waals surface area contributed by atoms with Gasteiger partial charge in [0.2, 0.25) is 10.0 Å². The number of oxazole rings is 1. The molecule has 8 nitrogen and oxygen atoms in total. The third-order valence-electron chi connectivity index (χ3n) is 6.42. The van der Waals surface area contributed by atoms with Gasteiger partial charge >= 0.3 is 5.76 Å². The van der Waals surface area contributed by atoms with Gasteiger partial charge in [-0.05, 0) is 66.6 Å². The van der Waals surface area contributed by atoms with Crippen LogP contribution in [0.2, 0.25) is 5.02 Å². The predicted octanol–water partition coefficient (Wildman–Crippen LogP) is 3.81. The van der Waals surface area contributed by atoms with Crippen molar-refractivity contribution in [3.05, 3.63) is 70.2 Å². The molecule has 0 bridgehead atoms. The zero-order chi connectivity index (χ0) is 24.4. The molecule has 10 heteroatoms. The van der Waals surface area contributed by atoms with Crippen LogP contribution < -0.4 is 15.4 Å².